The van der Waals surface area contributed by atoms with Crippen LogP contribution in [-0.4, -0.2) is 24.3 Å². The van der Waals surface area contributed by atoms with Gasteiger partial charge in [0.25, 0.3) is 0 Å². The van der Waals surface area contributed by atoms with Crippen molar-refractivity contribution >= 4 is 0 Å². The van der Waals surface area contributed by atoms with Crippen molar-refractivity contribution < 1.29 is 4.74 Å². The van der Waals surface area contributed by atoms with Crippen LogP contribution < -0.4 is 5.32 Å². The summed E-state index contributed by atoms with van der Waals surface area (Å²) in [6.07, 6.45) is 8.19. The van der Waals surface area contributed by atoms with Crippen LogP contribution >= 0.6 is 0 Å². The van der Waals surface area contributed by atoms with Gasteiger partial charge < -0.3 is 4.74 Å². The SMILES string of the molecule is CCCC(C)OCCCCC(C)(C#N)NC1CC1. The summed E-state index contributed by atoms with van der Waals surface area (Å²) < 4.78 is 5.72. The predicted molar refractivity (Wildman–Crippen MR) is 74.3 cm³/mol. The van der Waals surface area contributed by atoms with E-state index in [-0.39, 0.29) is 5.54 Å². The quantitative estimate of drug-likeness (QED) is 0.606. The van der Waals surface area contributed by atoms with Gasteiger partial charge in [0.2, 0.25) is 0 Å². The number of ether oxygens (including phenoxy) is 1. The summed E-state index contributed by atoms with van der Waals surface area (Å²) in [5.74, 6) is 0. The summed E-state index contributed by atoms with van der Waals surface area (Å²) >= 11 is 0. The van der Waals surface area contributed by atoms with Crippen LogP contribution in [0.4, 0.5) is 0 Å². The van der Waals surface area contributed by atoms with Crippen LogP contribution in [-0.2, 0) is 4.74 Å². The van der Waals surface area contributed by atoms with Gasteiger partial charge in [-0.15, -0.1) is 0 Å². The van der Waals surface area contributed by atoms with E-state index < -0.39 is 0 Å². The second kappa shape index (κ2) is 7.76. The molecule has 2 unspecified atom stereocenters. The second-order valence-corrected chi connectivity index (χ2v) is 5.79. The van der Waals surface area contributed by atoms with E-state index in [4.69, 9.17) is 4.74 Å². The van der Waals surface area contributed by atoms with Gasteiger partial charge >= 0.3 is 0 Å². The number of rotatable bonds is 10. The van der Waals surface area contributed by atoms with Crippen molar-refractivity contribution in [3.63, 3.8) is 0 Å². The molecule has 0 aliphatic heterocycles. The number of unbranched alkanes of at least 4 members (excludes halogenated alkanes) is 1. The molecular weight excluding hydrogens is 224 g/mol. The minimum atomic E-state index is -0.337. The summed E-state index contributed by atoms with van der Waals surface area (Å²) in [4.78, 5) is 0. The lowest BCUT2D eigenvalue weighted by atomic mass is 9.96. The molecule has 104 valence electrons. The molecule has 3 nitrogen and oxygen atoms in total. The molecule has 18 heavy (non-hydrogen) atoms. The van der Waals surface area contributed by atoms with Gasteiger partial charge in [0.05, 0.1) is 12.2 Å². The van der Waals surface area contributed by atoms with Crippen molar-refractivity contribution in [2.24, 2.45) is 0 Å². The zero-order valence-corrected chi connectivity index (χ0v) is 12.2. The minimum Gasteiger partial charge on any atom is -0.379 e. The molecule has 0 heterocycles. The first-order chi connectivity index (χ1) is 8.59. The topological polar surface area (TPSA) is 45.0 Å². The van der Waals surface area contributed by atoms with Crippen molar-refractivity contribution in [1.82, 2.24) is 5.32 Å². The molecule has 1 fully saturated rings. The highest BCUT2D eigenvalue weighted by Crippen LogP contribution is 2.24. The van der Waals surface area contributed by atoms with Crippen molar-refractivity contribution in [3.05, 3.63) is 0 Å². The molecule has 1 aliphatic rings. The van der Waals surface area contributed by atoms with E-state index in [1.807, 2.05) is 6.92 Å². The smallest absolute Gasteiger partial charge is 0.104 e. The van der Waals surface area contributed by atoms with Crippen LogP contribution in [0.2, 0.25) is 0 Å². The lowest BCUT2D eigenvalue weighted by molar-refractivity contribution is 0.0565. The predicted octanol–water partition coefficient (Wildman–Crippen LogP) is 3.40. The van der Waals surface area contributed by atoms with Crippen LogP contribution in [0.5, 0.6) is 0 Å². The van der Waals surface area contributed by atoms with Crippen molar-refractivity contribution in [2.45, 2.75) is 83.4 Å². The largest absolute Gasteiger partial charge is 0.379 e. The molecule has 0 radical (unpaired) electrons. The third-order valence-electron chi connectivity index (χ3n) is 3.52. The number of hydrogen-bond donors (Lipinski definition) is 1. The monoisotopic (exact) mass is 252 g/mol. The minimum absolute atomic E-state index is 0.337. The number of nitrogens with zero attached hydrogens (tertiary/aromatic N) is 1. The molecule has 0 saturated heterocycles. The Balaban J connectivity index is 2.06. The Morgan fingerprint density at radius 3 is 2.72 bits per heavy atom. The molecule has 3 heteroatoms. The molecule has 0 amide bonds. The Labute approximate surface area is 112 Å². The standard InChI is InChI=1S/C15H28N2O/c1-4-7-13(2)18-11-6-5-10-15(3,12-16)17-14-8-9-14/h13-14,17H,4-11H2,1-3H3. The first-order valence-electron chi connectivity index (χ1n) is 7.40. The summed E-state index contributed by atoms with van der Waals surface area (Å²) in [5, 5.41) is 12.7. The van der Waals surface area contributed by atoms with Gasteiger partial charge in [0.1, 0.15) is 5.54 Å². The maximum absolute atomic E-state index is 9.23. The highest BCUT2D eigenvalue weighted by Gasteiger charge is 2.31. The van der Waals surface area contributed by atoms with Crippen molar-refractivity contribution in [3.8, 4) is 6.07 Å². The molecular formula is C15H28N2O. The molecule has 0 spiro atoms. The van der Waals surface area contributed by atoms with E-state index in [0.717, 1.165) is 32.3 Å². The van der Waals surface area contributed by atoms with E-state index in [1.165, 1.54) is 19.3 Å². The van der Waals surface area contributed by atoms with Gasteiger partial charge in [-0.3, -0.25) is 5.32 Å². The molecule has 2 atom stereocenters. The second-order valence-electron chi connectivity index (χ2n) is 5.79. The van der Waals surface area contributed by atoms with Crippen LogP contribution in [0.25, 0.3) is 0 Å². The highest BCUT2D eigenvalue weighted by molar-refractivity contribution is 5.06. The fourth-order valence-corrected chi connectivity index (χ4v) is 2.19. The van der Waals surface area contributed by atoms with E-state index in [2.05, 4.69) is 25.2 Å². The molecule has 0 bridgehead atoms. The van der Waals surface area contributed by atoms with Gasteiger partial charge in [0.15, 0.2) is 0 Å². The molecule has 0 aromatic heterocycles. The lowest BCUT2D eigenvalue weighted by Gasteiger charge is -2.23. The summed E-state index contributed by atoms with van der Waals surface area (Å²) in [6.45, 7) is 7.16. The Kier molecular flexibility index (Phi) is 6.67. The van der Waals surface area contributed by atoms with Crippen molar-refractivity contribution in [1.29, 1.82) is 5.26 Å². The molecule has 0 aromatic rings. The van der Waals surface area contributed by atoms with Gasteiger partial charge in [0, 0.05) is 12.6 Å². The number of nitrogens with one attached hydrogen (secondary N) is 1. The molecule has 1 N–H and O–H groups in total. The van der Waals surface area contributed by atoms with Crippen molar-refractivity contribution in [2.75, 3.05) is 6.61 Å². The van der Waals surface area contributed by atoms with E-state index in [1.54, 1.807) is 0 Å². The first kappa shape index (κ1) is 15.5. The Hall–Kier alpha value is -0.590. The van der Waals surface area contributed by atoms with Gasteiger partial charge in [-0.1, -0.05) is 13.3 Å². The zero-order chi connectivity index (χ0) is 13.4. The Bertz CT molecular complexity index is 270. The number of hydrogen-bond acceptors (Lipinski definition) is 3. The summed E-state index contributed by atoms with van der Waals surface area (Å²) in [6, 6.07) is 3.01. The van der Waals surface area contributed by atoms with Gasteiger partial charge in [-0.2, -0.15) is 5.26 Å². The normalized spacial score (nSPS) is 20.1. The lowest BCUT2D eigenvalue weighted by Crippen LogP contribution is -2.42. The fraction of sp³-hybridized carbons (Fsp3) is 0.933. The Morgan fingerprint density at radius 2 is 2.17 bits per heavy atom. The van der Waals surface area contributed by atoms with Crippen LogP contribution in [0.1, 0.15) is 65.7 Å². The van der Waals surface area contributed by atoms with E-state index in [0.29, 0.717) is 12.1 Å². The molecule has 1 aliphatic carbocycles. The summed E-state index contributed by atoms with van der Waals surface area (Å²) in [5.41, 5.74) is -0.337. The molecule has 1 saturated carbocycles. The van der Waals surface area contributed by atoms with Gasteiger partial charge in [-0.05, 0) is 52.4 Å². The third kappa shape index (κ3) is 6.37. The maximum atomic E-state index is 9.23. The maximum Gasteiger partial charge on any atom is 0.104 e. The molecule has 0 aromatic carbocycles. The van der Waals surface area contributed by atoms with Gasteiger partial charge in [-0.25, -0.2) is 0 Å². The van der Waals surface area contributed by atoms with Crippen LogP contribution in [0, 0.1) is 11.3 Å². The summed E-state index contributed by atoms with van der Waals surface area (Å²) in [7, 11) is 0. The first-order valence-corrected chi connectivity index (χ1v) is 7.40. The molecule has 1 rings (SSSR count). The van der Waals surface area contributed by atoms with Crippen LogP contribution in [0.3, 0.4) is 0 Å². The fourth-order valence-electron chi connectivity index (χ4n) is 2.19. The van der Waals surface area contributed by atoms with E-state index >= 15 is 0 Å². The van der Waals surface area contributed by atoms with E-state index in [9.17, 15) is 5.26 Å². The highest BCUT2D eigenvalue weighted by atomic mass is 16.5. The average molecular weight is 252 g/mol. The number of nitriles is 1. The Morgan fingerprint density at radius 1 is 1.44 bits per heavy atom. The van der Waals surface area contributed by atoms with Crippen LogP contribution in [0.15, 0.2) is 0 Å². The zero-order valence-electron chi connectivity index (χ0n) is 12.2. The average Bonchev–Trinajstić information content (AvgIpc) is 3.13. The third-order valence-corrected chi connectivity index (χ3v) is 3.52.